The molecule has 3 rings (SSSR count). The van der Waals surface area contributed by atoms with E-state index in [0.29, 0.717) is 34.6 Å². The number of alkyl halides is 1. The highest BCUT2D eigenvalue weighted by Gasteiger charge is 2.33. The van der Waals surface area contributed by atoms with Crippen molar-refractivity contribution in [2.45, 2.75) is 50.8 Å². The third-order valence-electron chi connectivity index (χ3n) is 6.20. The van der Waals surface area contributed by atoms with Crippen LogP contribution in [0.5, 0.6) is 0 Å². The molecule has 0 radical (unpaired) electrons. The molecule has 1 aromatic heterocycles. The van der Waals surface area contributed by atoms with Gasteiger partial charge in [-0.3, -0.25) is 4.39 Å². The lowest BCUT2D eigenvalue weighted by Gasteiger charge is -2.24. The second kappa shape index (κ2) is 12.2. The number of carbonyl (C=O) groups is 1. The van der Waals surface area contributed by atoms with Crippen LogP contribution in [0.1, 0.15) is 27.2 Å². The van der Waals surface area contributed by atoms with Gasteiger partial charge in [0.05, 0.1) is 29.9 Å². The van der Waals surface area contributed by atoms with Crippen molar-refractivity contribution in [2.75, 3.05) is 31.4 Å². The van der Waals surface area contributed by atoms with Crippen molar-refractivity contribution in [3.8, 4) is 11.1 Å². The number of carbonyl (C=O) groups excluding carboxylic acids is 1. The molecule has 0 amide bonds. The van der Waals surface area contributed by atoms with Gasteiger partial charge in [-0.25, -0.2) is 17.5 Å². The van der Waals surface area contributed by atoms with Crippen molar-refractivity contribution in [2.24, 2.45) is 0 Å². The van der Waals surface area contributed by atoms with E-state index in [1.807, 2.05) is 0 Å². The normalized spacial score (nSPS) is 12.0. The number of rotatable bonds is 12. The van der Waals surface area contributed by atoms with Gasteiger partial charge in [0.2, 0.25) is 5.88 Å². The summed E-state index contributed by atoms with van der Waals surface area (Å²) in [7, 11) is -4.36. The first-order chi connectivity index (χ1) is 17.9. The molecule has 38 heavy (non-hydrogen) atoms. The molecular formula is C27H35FN2O6SSi. The number of aryl methyl sites for hydroxylation is 2. The fourth-order valence-electron chi connectivity index (χ4n) is 3.84. The minimum absolute atomic E-state index is 0.00151. The van der Waals surface area contributed by atoms with Crippen LogP contribution in [0.3, 0.4) is 0 Å². The van der Waals surface area contributed by atoms with Crippen LogP contribution in [0.15, 0.2) is 51.9 Å². The van der Waals surface area contributed by atoms with Gasteiger partial charge in [-0.05, 0) is 49.2 Å². The Morgan fingerprint density at radius 1 is 1.11 bits per heavy atom. The minimum Gasteiger partial charge on any atom is -0.465 e. The third kappa shape index (κ3) is 6.69. The van der Waals surface area contributed by atoms with Crippen molar-refractivity contribution in [3.05, 3.63) is 64.8 Å². The molecule has 0 fully saturated rings. The Labute approximate surface area is 224 Å². The van der Waals surface area contributed by atoms with E-state index < -0.39 is 30.7 Å². The summed E-state index contributed by atoms with van der Waals surface area (Å²) in [6, 6.07) is 12.0. The Balaban J connectivity index is 2.11. The molecule has 206 valence electrons. The Kier molecular flexibility index (Phi) is 9.50. The van der Waals surface area contributed by atoms with E-state index in [4.69, 9.17) is 14.0 Å². The van der Waals surface area contributed by atoms with E-state index in [1.54, 1.807) is 38.1 Å². The monoisotopic (exact) mass is 562 g/mol. The smallest absolute Gasteiger partial charge is 0.337 e. The molecule has 0 spiro atoms. The number of halogens is 1. The number of sulfonamides is 1. The third-order valence-corrected chi connectivity index (χ3v) is 9.67. The molecule has 8 nitrogen and oxygen atoms in total. The van der Waals surface area contributed by atoms with Gasteiger partial charge in [0, 0.05) is 32.2 Å². The second-order valence-corrected chi connectivity index (χ2v) is 17.7. The van der Waals surface area contributed by atoms with Crippen LogP contribution in [0.4, 0.5) is 10.3 Å². The lowest BCUT2D eigenvalue weighted by atomic mass is 9.96. The van der Waals surface area contributed by atoms with Crippen molar-refractivity contribution < 1.29 is 31.6 Å². The van der Waals surface area contributed by atoms with Gasteiger partial charge in [-0.15, -0.1) is 0 Å². The Morgan fingerprint density at radius 3 is 2.42 bits per heavy atom. The molecular weight excluding hydrogens is 527 g/mol. The number of aromatic nitrogens is 1. The fourth-order valence-corrected chi connectivity index (χ4v) is 6.14. The maximum Gasteiger partial charge on any atom is 0.337 e. The maximum atomic E-state index is 14.2. The van der Waals surface area contributed by atoms with E-state index in [1.165, 1.54) is 25.3 Å². The molecule has 0 aliphatic heterocycles. The summed E-state index contributed by atoms with van der Waals surface area (Å²) in [4.78, 5) is 12.1. The standard InChI is InChI=1S/C27H35FN2O6SSi/c1-19-20(2)29-36-26(19)30(18-35-15-16-38(4,5)6)37(32,33)25-10-8-7-9-24(25)23-12-11-22(27(31)34-3)17-21(23)13-14-28/h7-12,17H,13-16,18H2,1-6H3. The molecule has 0 atom stereocenters. The summed E-state index contributed by atoms with van der Waals surface area (Å²) < 4.78 is 59.1. The van der Waals surface area contributed by atoms with Gasteiger partial charge >= 0.3 is 5.97 Å². The zero-order valence-electron chi connectivity index (χ0n) is 22.7. The molecule has 0 aliphatic rings. The quantitative estimate of drug-likeness (QED) is 0.120. The lowest BCUT2D eigenvalue weighted by molar-refractivity contribution is 0.0600. The summed E-state index contributed by atoms with van der Waals surface area (Å²) >= 11 is 0. The van der Waals surface area contributed by atoms with Gasteiger partial charge in [-0.1, -0.05) is 49.1 Å². The molecule has 2 aromatic carbocycles. The Hall–Kier alpha value is -3.02. The molecule has 0 saturated heterocycles. The number of hydrogen-bond donors (Lipinski definition) is 0. The lowest BCUT2D eigenvalue weighted by Crippen LogP contribution is -2.34. The highest BCUT2D eigenvalue weighted by Crippen LogP contribution is 2.35. The fraction of sp³-hybridized carbons (Fsp3) is 0.407. The summed E-state index contributed by atoms with van der Waals surface area (Å²) in [6.07, 6.45) is -0.00151. The van der Waals surface area contributed by atoms with Crippen LogP contribution in [0.25, 0.3) is 11.1 Å². The predicted molar refractivity (Wildman–Crippen MR) is 148 cm³/mol. The first kappa shape index (κ1) is 29.5. The topological polar surface area (TPSA) is 98.9 Å². The summed E-state index contributed by atoms with van der Waals surface area (Å²) in [5.74, 6) is -0.481. The molecule has 1 heterocycles. The van der Waals surface area contributed by atoms with Gasteiger partial charge in [0.15, 0.2) is 0 Å². The number of ether oxygens (including phenoxy) is 2. The molecule has 0 aliphatic carbocycles. The van der Waals surface area contributed by atoms with Gasteiger partial charge in [0.25, 0.3) is 10.0 Å². The van der Waals surface area contributed by atoms with Crippen molar-refractivity contribution in [1.82, 2.24) is 5.16 Å². The van der Waals surface area contributed by atoms with E-state index in [-0.39, 0.29) is 29.5 Å². The first-order valence-electron chi connectivity index (χ1n) is 12.3. The average molecular weight is 563 g/mol. The SMILES string of the molecule is COC(=O)c1ccc(-c2ccccc2S(=O)(=O)N(COCC[Si](C)(C)C)c2onc(C)c2C)c(CCF)c1. The molecule has 0 saturated carbocycles. The van der Waals surface area contributed by atoms with Crippen LogP contribution >= 0.6 is 0 Å². The molecule has 0 N–H and O–H groups in total. The van der Waals surface area contributed by atoms with E-state index >= 15 is 0 Å². The number of anilines is 1. The van der Waals surface area contributed by atoms with E-state index in [9.17, 15) is 17.6 Å². The number of esters is 1. The predicted octanol–water partition coefficient (Wildman–Crippen LogP) is 5.76. The van der Waals surface area contributed by atoms with Crippen LogP contribution in [0, 0.1) is 13.8 Å². The number of hydrogen-bond acceptors (Lipinski definition) is 7. The zero-order chi connectivity index (χ0) is 28.1. The van der Waals surface area contributed by atoms with Crippen molar-refractivity contribution in [1.29, 1.82) is 0 Å². The molecule has 3 aromatic rings. The zero-order valence-corrected chi connectivity index (χ0v) is 24.5. The number of nitrogens with zero attached hydrogens (tertiary/aromatic N) is 2. The van der Waals surface area contributed by atoms with Gasteiger partial charge in [-0.2, -0.15) is 0 Å². The molecule has 11 heteroatoms. The summed E-state index contributed by atoms with van der Waals surface area (Å²) in [5, 5.41) is 3.95. The van der Waals surface area contributed by atoms with E-state index in [2.05, 4.69) is 24.8 Å². The van der Waals surface area contributed by atoms with Crippen molar-refractivity contribution in [3.63, 3.8) is 0 Å². The van der Waals surface area contributed by atoms with Crippen molar-refractivity contribution >= 4 is 30.0 Å². The van der Waals surface area contributed by atoms with Crippen LogP contribution in [-0.2, 0) is 25.9 Å². The average Bonchev–Trinajstić information content (AvgIpc) is 3.20. The van der Waals surface area contributed by atoms with Gasteiger partial charge < -0.3 is 14.0 Å². The Bertz CT molecular complexity index is 1380. The summed E-state index contributed by atoms with van der Waals surface area (Å²) in [6.45, 7) is 9.59. The van der Waals surface area contributed by atoms with Crippen LogP contribution < -0.4 is 4.31 Å². The molecule has 0 unspecified atom stereocenters. The number of methoxy groups -OCH3 is 1. The number of benzene rings is 2. The second-order valence-electron chi connectivity index (χ2n) is 10.2. The van der Waals surface area contributed by atoms with Crippen LogP contribution in [-0.4, -0.2) is 54.7 Å². The Morgan fingerprint density at radius 2 is 1.82 bits per heavy atom. The highest BCUT2D eigenvalue weighted by atomic mass is 32.2. The summed E-state index contributed by atoms with van der Waals surface area (Å²) in [5.41, 5.74) is 2.76. The largest absolute Gasteiger partial charge is 0.465 e. The van der Waals surface area contributed by atoms with Gasteiger partial charge in [0.1, 0.15) is 6.73 Å². The highest BCUT2D eigenvalue weighted by molar-refractivity contribution is 7.93. The maximum absolute atomic E-state index is 14.2. The van der Waals surface area contributed by atoms with Crippen LogP contribution in [0.2, 0.25) is 25.7 Å². The first-order valence-corrected chi connectivity index (χ1v) is 17.5. The molecule has 0 bridgehead atoms. The van der Waals surface area contributed by atoms with E-state index in [0.717, 1.165) is 10.3 Å². The minimum atomic E-state index is -4.22.